The van der Waals surface area contributed by atoms with Crippen molar-refractivity contribution in [1.29, 1.82) is 0 Å². The monoisotopic (exact) mass is 208 g/mol. The summed E-state index contributed by atoms with van der Waals surface area (Å²) in [5, 5.41) is 2.74. The van der Waals surface area contributed by atoms with Gasteiger partial charge in [-0.15, -0.1) is 0 Å². The Kier molecular flexibility index (Phi) is 2.85. The van der Waals surface area contributed by atoms with Gasteiger partial charge in [-0.3, -0.25) is 0 Å². The first kappa shape index (κ1) is 9.96. The molecule has 0 bridgehead atoms. The number of hydrogen-bond donors (Lipinski definition) is 1. The maximum atomic E-state index is 12.6. The van der Waals surface area contributed by atoms with E-state index in [0.29, 0.717) is 6.54 Å². The Morgan fingerprint density at radius 3 is 2.67 bits per heavy atom. The Hall–Kier alpha value is -1.58. The largest absolute Gasteiger partial charge is 0.336 e. The lowest BCUT2D eigenvalue weighted by molar-refractivity contribution is 0.218. The van der Waals surface area contributed by atoms with Crippen molar-refractivity contribution in [1.82, 2.24) is 10.2 Å². The fourth-order valence-corrected chi connectivity index (χ4v) is 1.64. The highest BCUT2D eigenvalue weighted by atomic mass is 19.1. The molecule has 0 aromatic heterocycles. The molecule has 0 spiro atoms. The lowest BCUT2D eigenvalue weighted by atomic mass is 10.1. The van der Waals surface area contributed by atoms with E-state index in [1.54, 1.807) is 17.0 Å². The Morgan fingerprint density at radius 2 is 2.07 bits per heavy atom. The fraction of sp³-hybridized carbons (Fsp3) is 0.364. The first-order valence-electron chi connectivity index (χ1n) is 5.03. The predicted octanol–water partition coefficient (Wildman–Crippen LogP) is 1.39. The van der Waals surface area contributed by atoms with Crippen LogP contribution in [0.25, 0.3) is 0 Å². The van der Waals surface area contributed by atoms with Crippen LogP contribution < -0.4 is 5.32 Å². The minimum atomic E-state index is -0.224. The Bertz CT molecular complexity index is 350. The smallest absolute Gasteiger partial charge is 0.317 e. The number of nitrogens with one attached hydrogen (secondary N) is 1. The van der Waals surface area contributed by atoms with Crippen LogP contribution in [0, 0.1) is 5.82 Å². The summed E-state index contributed by atoms with van der Waals surface area (Å²) >= 11 is 0. The maximum absolute atomic E-state index is 12.6. The van der Waals surface area contributed by atoms with E-state index >= 15 is 0 Å². The number of hydrogen-bond acceptors (Lipinski definition) is 1. The quantitative estimate of drug-likeness (QED) is 0.800. The minimum absolute atomic E-state index is 0.00267. The number of carbonyl (C=O) groups excluding carboxylic acids is 1. The predicted molar refractivity (Wildman–Crippen MR) is 55.1 cm³/mol. The summed E-state index contributed by atoms with van der Waals surface area (Å²) in [6, 6.07) is 6.39. The number of urea groups is 1. The summed E-state index contributed by atoms with van der Waals surface area (Å²) < 4.78 is 12.6. The first-order valence-corrected chi connectivity index (χ1v) is 5.03. The average molecular weight is 208 g/mol. The van der Waals surface area contributed by atoms with E-state index in [2.05, 4.69) is 5.32 Å². The summed E-state index contributed by atoms with van der Waals surface area (Å²) in [5.41, 5.74) is 1.05. The average Bonchev–Trinajstić information content (AvgIpc) is 2.63. The van der Waals surface area contributed by atoms with Gasteiger partial charge < -0.3 is 10.2 Å². The van der Waals surface area contributed by atoms with E-state index in [1.165, 1.54) is 12.1 Å². The fourth-order valence-electron chi connectivity index (χ4n) is 1.64. The minimum Gasteiger partial charge on any atom is -0.336 e. The molecule has 1 aromatic carbocycles. The van der Waals surface area contributed by atoms with Gasteiger partial charge in [-0.05, 0) is 24.1 Å². The summed E-state index contributed by atoms with van der Waals surface area (Å²) in [5.74, 6) is -0.224. The zero-order valence-electron chi connectivity index (χ0n) is 8.37. The molecule has 80 valence electrons. The van der Waals surface area contributed by atoms with Crippen molar-refractivity contribution in [3.8, 4) is 0 Å². The molecule has 2 amide bonds. The second-order valence-electron chi connectivity index (χ2n) is 3.60. The molecule has 1 N–H and O–H groups in total. The van der Waals surface area contributed by atoms with Gasteiger partial charge in [0.15, 0.2) is 0 Å². The first-order chi connectivity index (χ1) is 7.25. The molecule has 0 radical (unpaired) electrons. The molecule has 0 aliphatic carbocycles. The van der Waals surface area contributed by atoms with Crippen LogP contribution in [0.4, 0.5) is 9.18 Å². The van der Waals surface area contributed by atoms with Gasteiger partial charge in [0, 0.05) is 19.6 Å². The van der Waals surface area contributed by atoms with Gasteiger partial charge in [0.1, 0.15) is 5.82 Å². The standard InChI is InChI=1S/C11H13FN2O/c12-10-3-1-9(2-4-10)5-7-14-8-6-13-11(14)15/h1-4H,5-8H2,(H,13,15). The van der Waals surface area contributed by atoms with Crippen molar-refractivity contribution in [2.24, 2.45) is 0 Å². The van der Waals surface area contributed by atoms with Crippen LogP contribution in [0.15, 0.2) is 24.3 Å². The van der Waals surface area contributed by atoms with E-state index in [9.17, 15) is 9.18 Å². The third-order valence-electron chi connectivity index (χ3n) is 2.53. The van der Waals surface area contributed by atoms with Crippen LogP contribution in [0.2, 0.25) is 0 Å². The second kappa shape index (κ2) is 4.29. The Labute approximate surface area is 87.9 Å². The molecular formula is C11H13FN2O. The summed E-state index contributed by atoms with van der Waals surface area (Å²) in [6.45, 7) is 2.18. The molecule has 1 saturated heterocycles. The van der Waals surface area contributed by atoms with Crippen LogP contribution in [0.5, 0.6) is 0 Å². The molecule has 0 saturated carbocycles. The van der Waals surface area contributed by atoms with Gasteiger partial charge in [-0.25, -0.2) is 9.18 Å². The second-order valence-corrected chi connectivity index (χ2v) is 3.60. The highest BCUT2D eigenvalue weighted by molar-refractivity contribution is 5.76. The highest BCUT2D eigenvalue weighted by Gasteiger charge is 2.18. The summed E-state index contributed by atoms with van der Waals surface area (Å²) in [7, 11) is 0. The van der Waals surface area contributed by atoms with Crippen LogP contribution in [-0.2, 0) is 6.42 Å². The molecule has 4 heteroatoms. The third kappa shape index (κ3) is 2.46. The zero-order valence-corrected chi connectivity index (χ0v) is 8.37. The van der Waals surface area contributed by atoms with Crippen molar-refractivity contribution < 1.29 is 9.18 Å². The molecule has 1 fully saturated rings. The summed E-state index contributed by atoms with van der Waals surface area (Å²) in [6.07, 6.45) is 0.772. The van der Waals surface area contributed by atoms with Gasteiger partial charge >= 0.3 is 6.03 Å². The molecule has 1 aromatic rings. The normalized spacial score (nSPS) is 15.5. The Balaban J connectivity index is 1.87. The molecule has 2 rings (SSSR count). The van der Waals surface area contributed by atoms with Crippen LogP contribution in [-0.4, -0.2) is 30.6 Å². The third-order valence-corrected chi connectivity index (χ3v) is 2.53. The highest BCUT2D eigenvalue weighted by Crippen LogP contribution is 2.05. The molecule has 1 aliphatic heterocycles. The Morgan fingerprint density at radius 1 is 1.33 bits per heavy atom. The van der Waals surface area contributed by atoms with Crippen LogP contribution in [0.1, 0.15) is 5.56 Å². The number of nitrogens with zero attached hydrogens (tertiary/aromatic N) is 1. The maximum Gasteiger partial charge on any atom is 0.317 e. The van der Waals surface area contributed by atoms with Gasteiger partial charge in [0.05, 0.1) is 0 Å². The van der Waals surface area contributed by atoms with Crippen molar-refractivity contribution in [3.63, 3.8) is 0 Å². The van der Waals surface area contributed by atoms with E-state index in [4.69, 9.17) is 0 Å². The molecule has 0 unspecified atom stereocenters. The van der Waals surface area contributed by atoms with Crippen molar-refractivity contribution >= 4 is 6.03 Å². The van der Waals surface area contributed by atoms with Crippen molar-refractivity contribution in [3.05, 3.63) is 35.6 Å². The van der Waals surface area contributed by atoms with E-state index in [-0.39, 0.29) is 11.8 Å². The van der Waals surface area contributed by atoms with Gasteiger partial charge in [0.2, 0.25) is 0 Å². The van der Waals surface area contributed by atoms with Gasteiger partial charge in [-0.1, -0.05) is 12.1 Å². The zero-order chi connectivity index (χ0) is 10.7. The van der Waals surface area contributed by atoms with E-state index in [1.807, 2.05) is 0 Å². The van der Waals surface area contributed by atoms with Gasteiger partial charge in [-0.2, -0.15) is 0 Å². The molecule has 3 nitrogen and oxygen atoms in total. The number of amides is 2. The van der Waals surface area contributed by atoms with Crippen molar-refractivity contribution in [2.45, 2.75) is 6.42 Å². The molecule has 1 heterocycles. The van der Waals surface area contributed by atoms with E-state index in [0.717, 1.165) is 25.1 Å². The molecule has 1 aliphatic rings. The number of rotatable bonds is 3. The number of halogens is 1. The lowest BCUT2D eigenvalue weighted by Gasteiger charge is -2.13. The summed E-state index contributed by atoms with van der Waals surface area (Å²) in [4.78, 5) is 13.0. The number of carbonyl (C=O) groups is 1. The lowest BCUT2D eigenvalue weighted by Crippen LogP contribution is -2.29. The number of benzene rings is 1. The SMILES string of the molecule is O=C1NCCN1CCc1ccc(F)cc1. The van der Waals surface area contributed by atoms with Gasteiger partial charge in [0.25, 0.3) is 0 Å². The van der Waals surface area contributed by atoms with E-state index < -0.39 is 0 Å². The molecular weight excluding hydrogens is 195 g/mol. The van der Waals surface area contributed by atoms with Crippen LogP contribution in [0.3, 0.4) is 0 Å². The molecule has 15 heavy (non-hydrogen) atoms. The van der Waals surface area contributed by atoms with Crippen LogP contribution >= 0.6 is 0 Å². The van der Waals surface area contributed by atoms with Crippen molar-refractivity contribution in [2.75, 3.05) is 19.6 Å². The topological polar surface area (TPSA) is 32.3 Å². The molecule has 0 atom stereocenters.